The van der Waals surface area contributed by atoms with Crippen LogP contribution in [0.25, 0.3) is 0 Å². The third-order valence-electron chi connectivity index (χ3n) is 3.48. The number of aromatic carboxylic acids is 1. The molecule has 2 aromatic rings. The van der Waals surface area contributed by atoms with Gasteiger partial charge in [-0.05, 0) is 40.8 Å². The first-order valence-electron chi connectivity index (χ1n) is 6.82. The van der Waals surface area contributed by atoms with Crippen molar-refractivity contribution >= 4 is 29.2 Å². The minimum absolute atomic E-state index is 0.0623. The van der Waals surface area contributed by atoms with E-state index in [1.807, 2.05) is 19.9 Å². The number of carboxylic acids is 1. The SMILES string of the molecule is CC(C)c1cc(Cc2c(Cl)cc(C(=O)O)cc2Cl)ccc1O. The highest BCUT2D eigenvalue weighted by Crippen LogP contribution is 2.31. The summed E-state index contributed by atoms with van der Waals surface area (Å²) >= 11 is 12.3. The van der Waals surface area contributed by atoms with Crippen LogP contribution in [-0.4, -0.2) is 16.2 Å². The van der Waals surface area contributed by atoms with Crippen LogP contribution in [-0.2, 0) is 6.42 Å². The molecular formula is C17H16Cl2O3. The number of carbonyl (C=O) groups is 1. The first kappa shape index (κ1) is 16.7. The summed E-state index contributed by atoms with van der Waals surface area (Å²) in [5, 5.41) is 19.5. The third-order valence-corrected chi connectivity index (χ3v) is 4.16. The summed E-state index contributed by atoms with van der Waals surface area (Å²) in [7, 11) is 0. The summed E-state index contributed by atoms with van der Waals surface area (Å²) in [6.07, 6.45) is 0.470. The van der Waals surface area contributed by atoms with Gasteiger partial charge in [-0.1, -0.05) is 49.2 Å². The predicted octanol–water partition coefficient (Wildman–Crippen LogP) is 5.11. The van der Waals surface area contributed by atoms with E-state index in [1.54, 1.807) is 12.1 Å². The maximum atomic E-state index is 11.0. The molecule has 0 radical (unpaired) electrons. The molecule has 0 saturated carbocycles. The van der Waals surface area contributed by atoms with Gasteiger partial charge in [0, 0.05) is 16.5 Å². The van der Waals surface area contributed by atoms with Gasteiger partial charge in [0.2, 0.25) is 0 Å². The van der Waals surface area contributed by atoms with Crippen molar-refractivity contribution in [3.05, 3.63) is 62.6 Å². The molecule has 0 saturated heterocycles. The Labute approximate surface area is 139 Å². The molecule has 3 nitrogen and oxygen atoms in total. The zero-order valence-electron chi connectivity index (χ0n) is 12.2. The van der Waals surface area contributed by atoms with Crippen molar-refractivity contribution in [3.63, 3.8) is 0 Å². The van der Waals surface area contributed by atoms with Crippen LogP contribution in [0.3, 0.4) is 0 Å². The van der Waals surface area contributed by atoms with Gasteiger partial charge in [-0.2, -0.15) is 0 Å². The highest BCUT2D eigenvalue weighted by atomic mass is 35.5. The van der Waals surface area contributed by atoms with E-state index in [4.69, 9.17) is 28.3 Å². The molecule has 2 rings (SSSR count). The van der Waals surface area contributed by atoms with Crippen molar-refractivity contribution in [2.24, 2.45) is 0 Å². The van der Waals surface area contributed by atoms with Gasteiger partial charge >= 0.3 is 5.97 Å². The fraction of sp³-hybridized carbons (Fsp3) is 0.235. The fourth-order valence-electron chi connectivity index (χ4n) is 2.28. The van der Waals surface area contributed by atoms with Crippen LogP contribution in [0.5, 0.6) is 5.75 Å². The maximum Gasteiger partial charge on any atom is 0.335 e. The molecule has 0 spiro atoms. The van der Waals surface area contributed by atoms with Crippen LogP contribution in [0.15, 0.2) is 30.3 Å². The summed E-state index contributed by atoms with van der Waals surface area (Å²) in [5.74, 6) is -0.612. The Bertz CT molecular complexity index is 701. The summed E-state index contributed by atoms with van der Waals surface area (Å²) < 4.78 is 0. The summed E-state index contributed by atoms with van der Waals surface area (Å²) in [4.78, 5) is 11.0. The first-order chi connectivity index (χ1) is 10.3. The van der Waals surface area contributed by atoms with Crippen LogP contribution in [0.1, 0.15) is 46.8 Å². The predicted molar refractivity (Wildman–Crippen MR) is 88.4 cm³/mol. The minimum atomic E-state index is -1.07. The average Bonchev–Trinajstić information content (AvgIpc) is 2.43. The van der Waals surface area contributed by atoms with Gasteiger partial charge in [0.05, 0.1) is 5.56 Å². The molecule has 0 atom stereocenters. The summed E-state index contributed by atoms with van der Waals surface area (Å²) in [6.45, 7) is 4.00. The minimum Gasteiger partial charge on any atom is -0.508 e. The van der Waals surface area contributed by atoms with E-state index < -0.39 is 5.97 Å². The van der Waals surface area contributed by atoms with Crippen LogP contribution >= 0.6 is 23.2 Å². The van der Waals surface area contributed by atoms with E-state index in [0.29, 0.717) is 22.0 Å². The van der Waals surface area contributed by atoms with Crippen LogP contribution in [0, 0.1) is 0 Å². The lowest BCUT2D eigenvalue weighted by atomic mass is 9.96. The number of carboxylic acid groups (broad SMARTS) is 1. The lowest BCUT2D eigenvalue weighted by Crippen LogP contribution is -2.00. The Kier molecular flexibility index (Phi) is 4.99. The molecule has 2 aromatic carbocycles. The fourth-order valence-corrected chi connectivity index (χ4v) is 2.90. The summed E-state index contributed by atoms with van der Waals surface area (Å²) in [6, 6.07) is 8.17. The smallest absolute Gasteiger partial charge is 0.335 e. The second-order valence-corrected chi connectivity index (χ2v) is 6.26. The molecule has 0 bridgehead atoms. The molecule has 22 heavy (non-hydrogen) atoms. The van der Waals surface area contributed by atoms with Crippen LogP contribution in [0.4, 0.5) is 0 Å². The molecule has 0 amide bonds. The zero-order valence-corrected chi connectivity index (χ0v) is 13.7. The second-order valence-electron chi connectivity index (χ2n) is 5.45. The highest BCUT2D eigenvalue weighted by molar-refractivity contribution is 6.36. The number of aromatic hydroxyl groups is 1. The quantitative estimate of drug-likeness (QED) is 0.814. The van der Waals surface area contributed by atoms with Crippen molar-refractivity contribution in [3.8, 4) is 5.75 Å². The molecule has 0 aromatic heterocycles. The molecule has 0 aliphatic heterocycles. The largest absolute Gasteiger partial charge is 0.508 e. The lowest BCUT2D eigenvalue weighted by Gasteiger charge is -2.13. The van der Waals surface area contributed by atoms with E-state index in [2.05, 4.69) is 0 Å². The van der Waals surface area contributed by atoms with Crippen molar-refractivity contribution in [1.29, 1.82) is 0 Å². The molecule has 0 fully saturated rings. The molecular weight excluding hydrogens is 323 g/mol. The van der Waals surface area contributed by atoms with Crippen molar-refractivity contribution in [2.75, 3.05) is 0 Å². The number of phenolic OH excluding ortho intramolecular Hbond substituents is 1. The van der Waals surface area contributed by atoms with E-state index in [1.165, 1.54) is 12.1 Å². The van der Waals surface area contributed by atoms with E-state index in [9.17, 15) is 9.90 Å². The van der Waals surface area contributed by atoms with Gasteiger partial charge in [-0.3, -0.25) is 0 Å². The molecule has 0 heterocycles. The van der Waals surface area contributed by atoms with E-state index >= 15 is 0 Å². The maximum absolute atomic E-state index is 11.0. The van der Waals surface area contributed by atoms with Gasteiger partial charge in [-0.25, -0.2) is 4.79 Å². The zero-order chi connectivity index (χ0) is 16.4. The number of phenols is 1. The van der Waals surface area contributed by atoms with Crippen molar-refractivity contribution in [2.45, 2.75) is 26.2 Å². The number of hydrogen-bond acceptors (Lipinski definition) is 2. The Balaban J connectivity index is 2.39. The second kappa shape index (κ2) is 6.59. The van der Waals surface area contributed by atoms with Crippen molar-refractivity contribution in [1.82, 2.24) is 0 Å². The first-order valence-corrected chi connectivity index (χ1v) is 7.58. The van der Waals surface area contributed by atoms with Gasteiger partial charge in [0.15, 0.2) is 0 Å². The Morgan fingerprint density at radius 3 is 2.23 bits per heavy atom. The summed E-state index contributed by atoms with van der Waals surface area (Å²) in [5.41, 5.74) is 2.54. The standard InChI is InChI=1S/C17H16Cl2O3/c1-9(2)12-5-10(3-4-16(12)20)6-13-14(18)7-11(17(21)22)8-15(13)19/h3-5,7-9,20H,6H2,1-2H3,(H,21,22). The Morgan fingerprint density at radius 1 is 1.14 bits per heavy atom. The monoisotopic (exact) mass is 338 g/mol. The third kappa shape index (κ3) is 3.54. The van der Waals surface area contributed by atoms with Gasteiger partial charge in [0.25, 0.3) is 0 Å². The molecule has 2 N–H and O–H groups in total. The number of benzene rings is 2. The van der Waals surface area contributed by atoms with Gasteiger partial charge < -0.3 is 10.2 Å². The number of hydrogen-bond donors (Lipinski definition) is 2. The molecule has 0 unspecified atom stereocenters. The molecule has 116 valence electrons. The molecule has 0 aliphatic rings. The molecule has 5 heteroatoms. The topological polar surface area (TPSA) is 57.5 Å². The van der Waals surface area contributed by atoms with Gasteiger partial charge in [-0.15, -0.1) is 0 Å². The highest BCUT2D eigenvalue weighted by Gasteiger charge is 2.14. The normalized spacial score (nSPS) is 11.0. The van der Waals surface area contributed by atoms with Crippen molar-refractivity contribution < 1.29 is 15.0 Å². The number of rotatable bonds is 4. The van der Waals surface area contributed by atoms with Crippen LogP contribution < -0.4 is 0 Å². The average molecular weight is 339 g/mol. The van der Waals surface area contributed by atoms with Crippen LogP contribution in [0.2, 0.25) is 10.0 Å². The Hall–Kier alpha value is -1.71. The van der Waals surface area contributed by atoms with E-state index in [-0.39, 0.29) is 17.2 Å². The Morgan fingerprint density at radius 2 is 1.73 bits per heavy atom. The molecule has 0 aliphatic carbocycles. The van der Waals surface area contributed by atoms with Gasteiger partial charge in [0.1, 0.15) is 5.75 Å². The number of halogens is 2. The lowest BCUT2D eigenvalue weighted by molar-refractivity contribution is 0.0697. The van der Waals surface area contributed by atoms with E-state index in [0.717, 1.165) is 11.1 Å².